The summed E-state index contributed by atoms with van der Waals surface area (Å²) in [5.41, 5.74) is 4.68. The maximum Gasteiger partial charge on any atom is 0.323 e. The number of hydrogen-bond acceptors (Lipinski definition) is 3. The number of benzene rings is 3. The minimum atomic E-state index is -0.323. The van der Waals surface area contributed by atoms with Crippen molar-refractivity contribution in [3.05, 3.63) is 83.9 Å². The first-order chi connectivity index (χ1) is 15.1. The number of urea groups is 1. The molecule has 3 aromatic carbocycles. The zero-order valence-electron chi connectivity index (χ0n) is 17.5. The molecule has 1 saturated heterocycles. The van der Waals surface area contributed by atoms with Crippen LogP contribution in [0.15, 0.2) is 72.8 Å². The lowest BCUT2D eigenvalue weighted by Gasteiger charge is -2.22. The zero-order valence-corrected chi connectivity index (χ0v) is 17.5. The summed E-state index contributed by atoms with van der Waals surface area (Å²) in [6.07, 6.45) is 2.25. The molecule has 1 aliphatic heterocycles. The standard InChI is InChI=1S/C25H26N4O2/c1-18-9-11-20(12-10-18)27-25(31)28-22-17-21(13-14-23(22)29-15-5-6-16-29)26-24(30)19-7-3-2-4-8-19/h2-4,7-14,17H,5-6,15-16H2,1H3,(H,26,30)(H2,27,28,31). The van der Waals surface area contributed by atoms with E-state index >= 15 is 0 Å². The Labute approximate surface area is 182 Å². The second-order valence-electron chi connectivity index (χ2n) is 7.69. The van der Waals surface area contributed by atoms with Crippen molar-refractivity contribution in [2.75, 3.05) is 33.9 Å². The summed E-state index contributed by atoms with van der Waals surface area (Å²) in [6.45, 7) is 3.90. The molecule has 1 heterocycles. The van der Waals surface area contributed by atoms with Crippen molar-refractivity contribution in [2.24, 2.45) is 0 Å². The van der Waals surface area contributed by atoms with Crippen molar-refractivity contribution in [1.29, 1.82) is 0 Å². The van der Waals surface area contributed by atoms with Crippen molar-refractivity contribution in [1.82, 2.24) is 0 Å². The second-order valence-corrected chi connectivity index (χ2v) is 7.69. The van der Waals surface area contributed by atoms with Gasteiger partial charge in [-0.1, -0.05) is 35.9 Å². The van der Waals surface area contributed by atoms with Gasteiger partial charge in [-0.3, -0.25) is 4.79 Å². The molecule has 0 unspecified atom stereocenters. The minimum Gasteiger partial charge on any atom is -0.370 e. The highest BCUT2D eigenvalue weighted by Crippen LogP contribution is 2.32. The third-order valence-electron chi connectivity index (χ3n) is 5.29. The fourth-order valence-electron chi connectivity index (χ4n) is 3.66. The molecule has 6 heteroatoms. The first-order valence-corrected chi connectivity index (χ1v) is 10.5. The highest BCUT2D eigenvalue weighted by molar-refractivity contribution is 6.06. The third-order valence-corrected chi connectivity index (χ3v) is 5.29. The van der Waals surface area contributed by atoms with Crippen LogP contribution >= 0.6 is 0 Å². The lowest BCUT2D eigenvalue weighted by Crippen LogP contribution is -2.24. The maximum atomic E-state index is 12.7. The Morgan fingerprint density at radius 2 is 1.45 bits per heavy atom. The number of carbonyl (C=O) groups excluding carboxylic acids is 2. The van der Waals surface area contributed by atoms with E-state index in [1.807, 2.05) is 67.6 Å². The number of aryl methyl sites for hydroxylation is 1. The molecule has 3 aromatic rings. The van der Waals surface area contributed by atoms with E-state index in [2.05, 4.69) is 20.9 Å². The lowest BCUT2D eigenvalue weighted by atomic mass is 10.2. The van der Waals surface area contributed by atoms with Gasteiger partial charge in [0.2, 0.25) is 0 Å². The summed E-state index contributed by atoms with van der Waals surface area (Å²) in [6, 6.07) is 22.0. The average Bonchev–Trinajstić information content (AvgIpc) is 3.31. The predicted molar refractivity (Wildman–Crippen MR) is 126 cm³/mol. The molecule has 3 amide bonds. The van der Waals surface area contributed by atoms with E-state index in [9.17, 15) is 9.59 Å². The first-order valence-electron chi connectivity index (χ1n) is 10.5. The average molecular weight is 415 g/mol. The molecular formula is C25H26N4O2. The number of nitrogens with zero attached hydrogens (tertiary/aromatic N) is 1. The van der Waals surface area contributed by atoms with Crippen LogP contribution in [0, 0.1) is 6.92 Å². The summed E-state index contributed by atoms with van der Waals surface area (Å²) in [7, 11) is 0. The molecule has 6 nitrogen and oxygen atoms in total. The predicted octanol–water partition coefficient (Wildman–Crippen LogP) is 5.49. The Bertz CT molecular complexity index is 1060. The van der Waals surface area contributed by atoms with Crippen molar-refractivity contribution in [3.63, 3.8) is 0 Å². The zero-order chi connectivity index (χ0) is 21.6. The Kier molecular flexibility index (Phi) is 6.17. The molecule has 0 radical (unpaired) electrons. The van der Waals surface area contributed by atoms with Gasteiger partial charge in [0.05, 0.1) is 11.4 Å². The van der Waals surface area contributed by atoms with Crippen LogP contribution in [0.4, 0.5) is 27.5 Å². The largest absolute Gasteiger partial charge is 0.370 e. The van der Waals surface area contributed by atoms with E-state index in [0.29, 0.717) is 16.9 Å². The number of nitrogens with one attached hydrogen (secondary N) is 3. The van der Waals surface area contributed by atoms with Crippen LogP contribution in [0.2, 0.25) is 0 Å². The summed E-state index contributed by atoms with van der Waals surface area (Å²) < 4.78 is 0. The SMILES string of the molecule is Cc1ccc(NC(=O)Nc2cc(NC(=O)c3ccccc3)ccc2N2CCCC2)cc1. The molecule has 1 aliphatic rings. The van der Waals surface area contributed by atoms with E-state index in [0.717, 1.165) is 42.9 Å². The van der Waals surface area contributed by atoms with Gasteiger partial charge in [-0.05, 0) is 62.2 Å². The molecule has 0 bridgehead atoms. The van der Waals surface area contributed by atoms with Gasteiger partial charge in [-0.15, -0.1) is 0 Å². The summed E-state index contributed by atoms with van der Waals surface area (Å²) in [5.74, 6) is -0.190. The Morgan fingerprint density at radius 1 is 0.774 bits per heavy atom. The summed E-state index contributed by atoms with van der Waals surface area (Å²) >= 11 is 0. The normalized spacial score (nSPS) is 13.0. The molecule has 0 spiro atoms. The molecule has 0 aromatic heterocycles. The topological polar surface area (TPSA) is 73.5 Å². The molecule has 1 fully saturated rings. The van der Waals surface area contributed by atoms with E-state index in [4.69, 9.17) is 0 Å². The van der Waals surface area contributed by atoms with Crippen LogP contribution in [-0.4, -0.2) is 25.0 Å². The van der Waals surface area contributed by atoms with Gasteiger partial charge in [-0.25, -0.2) is 4.79 Å². The summed E-state index contributed by atoms with van der Waals surface area (Å²) in [5, 5.41) is 8.74. The van der Waals surface area contributed by atoms with Crippen molar-refractivity contribution in [2.45, 2.75) is 19.8 Å². The fraction of sp³-hybridized carbons (Fsp3) is 0.200. The number of rotatable bonds is 5. The maximum absolute atomic E-state index is 12.7. The molecule has 0 aliphatic carbocycles. The smallest absolute Gasteiger partial charge is 0.323 e. The van der Waals surface area contributed by atoms with Crippen LogP contribution in [0.1, 0.15) is 28.8 Å². The number of carbonyl (C=O) groups is 2. The Hall–Kier alpha value is -3.80. The van der Waals surface area contributed by atoms with Gasteiger partial charge in [0.1, 0.15) is 0 Å². The minimum absolute atomic E-state index is 0.190. The fourth-order valence-corrected chi connectivity index (χ4v) is 3.66. The second kappa shape index (κ2) is 9.34. The quantitative estimate of drug-likeness (QED) is 0.517. The number of hydrogen-bond donors (Lipinski definition) is 3. The highest BCUT2D eigenvalue weighted by Gasteiger charge is 2.18. The van der Waals surface area contributed by atoms with Gasteiger partial charge < -0.3 is 20.9 Å². The van der Waals surface area contributed by atoms with Crippen LogP contribution < -0.4 is 20.9 Å². The number of anilines is 4. The van der Waals surface area contributed by atoms with Crippen LogP contribution in [0.25, 0.3) is 0 Å². The lowest BCUT2D eigenvalue weighted by molar-refractivity contribution is 0.102. The van der Waals surface area contributed by atoms with Crippen molar-refractivity contribution in [3.8, 4) is 0 Å². The van der Waals surface area contributed by atoms with E-state index < -0.39 is 0 Å². The number of amides is 3. The molecular weight excluding hydrogens is 388 g/mol. The van der Waals surface area contributed by atoms with E-state index in [1.165, 1.54) is 0 Å². The van der Waals surface area contributed by atoms with Crippen molar-refractivity contribution < 1.29 is 9.59 Å². The monoisotopic (exact) mass is 414 g/mol. The molecule has 0 atom stereocenters. The summed E-state index contributed by atoms with van der Waals surface area (Å²) in [4.78, 5) is 27.5. The molecule has 4 rings (SSSR count). The first kappa shape index (κ1) is 20.5. The molecule has 3 N–H and O–H groups in total. The third kappa shape index (κ3) is 5.22. The van der Waals surface area contributed by atoms with E-state index in [1.54, 1.807) is 12.1 Å². The van der Waals surface area contributed by atoms with Gasteiger partial charge in [-0.2, -0.15) is 0 Å². The Balaban J connectivity index is 1.54. The van der Waals surface area contributed by atoms with Gasteiger partial charge in [0.25, 0.3) is 5.91 Å². The van der Waals surface area contributed by atoms with E-state index in [-0.39, 0.29) is 11.9 Å². The molecule has 158 valence electrons. The molecule has 31 heavy (non-hydrogen) atoms. The van der Waals surface area contributed by atoms with Gasteiger partial charge in [0, 0.05) is 30.0 Å². The van der Waals surface area contributed by atoms with Crippen molar-refractivity contribution >= 4 is 34.7 Å². The van der Waals surface area contributed by atoms with Gasteiger partial charge >= 0.3 is 6.03 Å². The highest BCUT2D eigenvalue weighted by atomic mass is 16.2. The molecule has 0 saturated carbocycles. The van der Waals surface area contributed by atoms with Crippen LogP contribution in [-0.2, 0) is 0 Å². The van der Waals surface area contributed by atoms with Crippen LogP contribution in [0.3, 0.4) is 0 Å². The Morgan fingerprint density at radius 3 is 2.16 bits per heavy atom. The van der Waals surface area contributed by atoms with Gasteiger partial charge in [0.15, 0.2) is 0 Å². The van der Waals surface area contributed by atoms with Crippen LogP contribution in [0.5, 0.6) is 0 Å².